The van der Waals surface area contributed by atoms with E-state index in [9.17, 15) is 17.8 Å². The van der Waals surface area contributed by atoms with Crippen LogP contribution in [0.15, 0.2) is 0 Å². The van der Waals surface area contributed by atoms with E-state index < -0.39 is 21.8 Å². The lowest BCUT2D eigenvalue weighted by molar-refractivity contribution is -0.862. The third-order valence-corrected chi connectivity index (χ3v) is 3.64. The summed E-state index contributed by atoms with van der Waals surface area (Å²) in [6.07, 6.45) is 2.20. The van der Waals surface area contributed by atoms with Crippen LogP contribution in [0.25, 0.3) is 0 Å². The summed E-state index contributed by atoms with van der Waals surface area (Å²) in [5, 5.41) is 0. The molecule has 0 aliphatic carbocycles. The maximum Gasteiger partial charge on any atom is 0.190 e. The maximum atomic E-state index is 12.1. The van der Waals surface area contributed by atoms with Crippen molar-refractivity contribution in [2.24, 2.45) is 11.8 Å². The van der Waals surface area contributed by atoms with Crippen LogP contribution < -0.4 is 0 Å². The van der Waals surface area contributed by atoms with E-state index in [2.05, 4.69) is 13.8 Å². The SMILES string of the molecule is CC(C)CCCC(CS(=O)(=O)[O-])C(=O)C[N+](C)(C)C. The van der Waals surface area contributed by atoms with E-state index in [1.807, 2.05) is 21.1 Å². The molecule has 0 aliphatic heterocycles. The highest BCUT2D eigenvalue weighted by Crippen LogP contribution is 2.16. The summed E-state index contributed by atoms with van der Waals surface area (Å²) in [4.78, 5) is 12.1. The number of likely N-dealkylation sites (N-methyl/N-ethyl adjacent to an activating group) is 1. The van der Waals surface area contributed by atoms with Gasteiger partial charge in [-0.25, -0.2) is 8.42 Å². The highest BCUT2D eigenvalue weighted by Gasteiger charge is 2.25. The van der Waals surface area contributed by atoms with Crippen LogP contribution >= 0.6 is 0 Å². The first kappa shape index (κ1) is 18.5. The lowest BCUT2D eigenvalue weighted by Crippen LogP contribution is -2.42. The second kappa shape index (κ2) is 7.36. The number of ketones is 1. The van der Waals surface area contributed by atoms with Gasteiger partial charge in [-0.3, -0.25) is 4.79 Å². The van der Waals surface area contributed by atoms with Gasteiger partial charge in [0.05, 0.1) is 31.3 Å². The molecule has 19 heavy (non-hydrogen) atoms. The molecule has 114 valence electrons. The van der Waals surface area contributed by atoms with E-state index >= 15 is 0 Å². The summed E-state index contributed by atoms with van der Waals surface area (Å²) >= 11 is 0. The molecule has 0 saturated heterocycles. The predicted octanol–water partition coefficient (Wildman–Crippen LogP) is 1.25. The Morgan fingerprint density at radius 3 is 2.05 bits per heavy atom. The van der Waals surface area contributed by atoms with Crippen LogP contribution in [0, 0.1) is 11.8 Å². The summed E-state index contributed by atoms with van der Waals surface area (Å²) < 4.78 is 33.1. The average molecular weight is 293 g/mol. The molecule has 0 aromatic heterocycles. The largest absolute Gasteiger partial charge is 0.748 e. The number of hydrogen-bond acceptors (Lipinski definition) is 4. The molecule has 0 radical (unpaired) electrons. The molecule has 6 heteroatoms. The zero-order valence-corrected chi connectivity index (χ0v) is 13.5. The van der Waals surface area contributed by atoms with Crippen LogP contribution in [-0.2, 0) is 14.9 Å². The van der Waals surface area contributed by atoms with Gasteiger partial charge in [0.2, 0.25) is 0 Å². The number of carbonyl (C=O) groups excluding carboxylic acids is 1. The van der Waals surface area contributed by atoms with E-state index in [4.69, 9.17) is 0 Å². The standard InChI is InChI=1S/C13H27NO4S/c1-11(2)7-6-8-12(10-19(16,17)18)13(15)9-14(3,4)5/h11-12H,6-10H2,1-5H3. The number of nitrogens with zero attached hydrogens (tertiary/aromatic N) is 1. The molecular weight excluding hydrogens is 266 g/mol. The fourth-order valence-electron chi connectivity index (χ4n) is 1.95. The summed E-state index contributed by atoms with van der Waals surface area (Å²) in [5.41, 5.74) is 0. The van der Waals surface area contributed by atoms with Crippen LogP contribution in [0.2, 0.25) is 0 Å². The second-order valence-electron chi connectivity index (χ2n) is 6.66. The van der Waals surface area contributed by atoms with Crippen molar-refractivity contribution in [1.29, 1.82) is 0 Å². The van der Waals surface area contributed by atoms with Crippen LogP contribution in [0.1, 0.15) is 33.1 Å². The highest BCUT2D eigenvalue weighted by molar-refractivity contribution is 7.85. The van der Waals surface area contributed by atoms with E-state index in [0.717, 1.165) is 12.8 Å². The first-order valence-corrected chi connectivity index (χ1v) is 8.25. The monoisotopic (exact) mass is 293 g/mol. The van der Waals surface area contributed by atoms with Gasteiger partial charge < -0.3 is 9.04 Å². The highest BCUT2D eigenvalue weighted by atomic mass is 32.2. The molecule has 5 nitrogen and oxygen atoms in total. The third-order valence-electron chi connectivity index (χ3n) is 2.82. The van der Waals surface area contributed by atoms with Crippen LogP contribution in [0.4, 0.5) is 0 Å². The normalized spacial score (nSPS) is 14.7. The molecule has 0 amide bonds. The van der Waals surface area contributed by atoms with Crippen LogP contribution in [0.3, 0.4) is 0 Å². The van der Waals surface area contributed by atoms with Crippen molar-refractivity contribution in [2.75, 3.05) is 33.4 Å². The van der Waals surface area contributed by atoms with E-state index in [0.29, 0.717) is 16.8 Å². The Bertz CT molecular complexity index is 382. The van der Waals surface area contributed by atoms with Gasteiger partial charge in [-0.1, -0.05) is 26.7 Å². The van der Waals surface area contributed by atoms with Crippen molar-refractivity contribution in [3.63, 3.8) is 0 Å². The zero-order chi connectivity index (χ0) is 15.3. The van der Waals surface area contributed by atoms with Crippen molar-refractivity contribution < 1.29 is 22.2 Å². The van der Waals surface area contributed by atoms with Gasteiger partial charge >= 0.3 is 0 Å². The molecule has 0 saturated carbocycles. The van der Waals surface area contributed by atoms with Crippen molar-refractivity contribution >= 4 is 15.9 Å². The fourth-order valence-corrected chi connectivity index (χ4v) is 2.80. The van der Waals surface area contributed by atoms with Gasteiger partial charge in [0.1, 0.15) is 6.54 Å². The minimum absolute atomic E-state index is 0.129. The molecule has 0 rings (SSSR count). The topological polar surface area (TPSA) is 74.3 Å². The lowest BCUT2D eigenvalue weighted by Gasteiger charge is -2.26. The number of hydrogen-bond donors (Lipinski definition) is 0. The Morgan fingerprint density at radius 2 is 1.68 bits per heavy atom. The summed E-state index contributed by atoms with van der Waals surface area (Å²) in [6.45, 7) is 4.41. The number of quaternary nitrogens is 1. The van der Waals surface area contributed by atoms with Crippen molar-refractivity contribution in [2.45, 2.75) is 33.1 Å². The molecule has 1 unspecified atom stereocenters. The molecule has 0 N–H and O–H groups in total. The lowest BCUT2D eigenvalue weighted by atomic mass is 9.96. The molecule has 0 bridgehead atoms. The number of carbonyl (C=O) groups is 1. The quantitative estimate of drug-likeness (QED) is 0.473. The summed E-state index contributed by atoms with van der Waals surface area (Å²) in [5.74, 6) is -0.837. The maximum absolute atomic E-state index is 12.1. The van der Waals surface area contributed by atoms with Crippen molar-refractivity contribution in [3.05, 3.63) is 0 Å². The van der Waals surface area contributed by atoms with Crippen LogP contribution in [-0.4, -0.2) is 56.7 Å². The van der Waals surface area contributed by atoms with Gasteiger partial charge in [-0.2, -0.15) is 0 Å². The van der Waals surface area contributed by atoms with Gasteiger partial charge in [0.15, 0.2) is 5.78 Å². The van der Waals surface area contributed by atoms with Crippen LogP contribution in [0.5, 0.6) is 0 Å². The molecule has 1 atom stereocenters. The smallest absolute Gasteiger partial charge is 0.190 e. The summed E-state index contributed by atoms with van der Waals surface area (Å²) in [6, 6.07) is 0. The molecule has 0 aliphatic rings. The predicted molar refractivity (Wildman–Crippen MR) is 74.6 cm³/mol. The van der Waals surface area contributed by atoms with Crippen molar-refractivity contribution in [1.82, 2.24) is 0 Å². The second-order valence-corrected chi connectivity index (χ2v) is 8.11. The Morgan fingerprint density at radius 1 is 1.16 bits per heavy atom. The van der Waals surface area contributed by atoms with Gasteiger partial charge in [0, 0.05) is 11.7 Å². The summed E-state index contributed by atoms with van der Waals surface area (Å²) in [7, 11) is 1.26. The van der Waals surface area contributed by atoms with Gasteiger partial charge in [0.25, 0.3) is 0 Å². The molecule has 0 spiro atoms. The first-order valence-electron chi connectivity index (χ1n) is 6.67. The Balaban J connectivity index is 4.62. The Hall–Kier alpha value is -0.460. The van der Waals surface area contributed by atoms with Gasteiger partial charge in [-0.05, 0) is 12.3 Å². The van der Waals surface area contributed by atoms with Crippen molar-refractivity contribution in [3.8, 4) is 0 Å². The molecular formula is C13H27NO4S. The van der Waals surface area contributed by atoms with E-state index in [-0.39, 0.29) is 12.3 Å². The Labute approximate surface area is 117 Å². The molecule has 0 fully saturated rings. The first-order chi connectivity index (χ1) is 8.41. The van der Waals surface area contributed by atoms with E-state index in [1.165, 1.54) is 0 Å². The van der Waals surface area contributed by atoms with E-state index in [1.54, 1.807) is 0 Å². The minimum Gasteiger partial charge on any atom is -0.748 e. The fraction of sp³-hybridized carbons (Fsp3) is 0.923. The molecule has 0 heterocycles. The molecule has 0 aromatic rings. The molecule has 0 aromatic carbocycles. The Kier molecular flexibility index (Phi) is 7.18. The average Bonchev–Trinajstić information content (AvgIpc) is 2.10. The third kappa shape index (κ3) is 11.1. The van der Waals surface area contributed by atoms with Gasteiger partial charge in [-0.15, -0.1) is 0 Å². The number of Topliss-reactive ketones (excluding diaryl/α,β-unsaturated/α-hetero) is 1. The minimum atomic E-state index is -4.35. The number of rotatable bonds is 9. The zero-order valence-electron chi connectivity index (χ0n) is 12.7.